The lowest BCUT2D eigenvalue weighted by Crippen LogP contribution is -1.99. The lowest BCUT2D eigenvalue weighted by molar-refractivity contribution is -0.141. The summed E-state index contributed by atoms with van der Waals surface area (Å²) in [6, 6.07) is 0. The monoisotopic (exact) mass is 565 g/mol. The van der Waals surface area contributed by atoms with Crippen LogP contribution in [0.15, 0.2) is 24.3 Å². The molecular formula is C36H68O4. The molecule has 0 fully saturated rings. The fourth-order valence-corrected chi connectivity index (χ4v) is 4.62. The van der Waals surface area contributed by atoms with Crippen LogP contribution in [0.5, 0.6) is 0 Å². The number of carbonyl (C=O) groups is 2. The van der Waals surface area contributed by atoms with Crippen LogP contribution in [0.4, 0.5) is 0 Å². The van der Waals surface area contributed by atoms with Gasteiger partial charge >= 0.3 is 11.9 Å². The normalized spacial score (nSPS) is 11.2. The van der Waals surface area contributed by atoms with E-state index in [0.29, 0.717) is 6.61 Å². The number of hydrogen-bond donors (Lipinski definition) is 1. The maximum atomic E-state index is 10.5. The first-order valence-corrected chi connectivity index (χ1v) is 17.2. The van der Waals surface area contributed by atoms with E-state index in [9.17, 15) is 9.59 Å². The standard InChI is InChI=1S/2C18H34O2/c1-3-4-5-6-7-8-9-10-11-12-13-14-15-16-17-20-18(2)19;1-2-3-4-5-6-7-8-9-10-11-12-13-14-15-16-17-18(19)20/h8-9H,3-7,10-17H2,1-2H3;15-16H,2-14,17H2,1H3,(H,19,20)/b9-8-;16-15-. The lowest BCUT2D eigenvalue weighted by Gasteiger charge is -2.02. The number of ether oxygens (including phenoxy) is 1. The molecule has 236 valence electrons. The van der Waals surface area contributed by atoms with Gasteiger partial charge in [0.05, 0.1) is 13.0 Å². The lowest BCUT2D eigenvalue weighted by atomic mass is 10.0. The molecule has 0 aromatic carbocycles. The van der Waals surface area contributed by atoms with Crippen LogP contribution < -0.4 is 0 Å². The van der Waals surface area contributed by atoms with Crippen molar-refractivity contribution in [3.8, 4) is 0 Å². The van der Waals surface area contributed by atoms with E-state index in [1.165, 1.54) is 155 Å². The Morgan fingerprint density at radius 3 is 1.20 bits per heavy atom. The molecule has 0 amide bonds. The largest absolute Gasteiger partial charge is 0.481 e. The molecule has 0 radical (unpaired) electrons. The summed E-state index contributed by atoms with van der Waals surface area (Å²) in [6.45, 7) is 6.58. The number of unbranched alkanes of at least 4 members (excludes halogenated alkanes) is 22. The second kappa shape index (κ2) is 37.4. The Bertz CT molecular complexity index is 567. The molecule has 0 aromatic rings. The summed E-state index contributed by atoms with van der Waals surface area (Å²) in [7, 11) is 0. The van der Waals surface area contributed by atoms with Crippen molar-refractivity contribution >= 4 is 11.9 Å². The quantitative estimate of drug-likeness (QED) is 0.0557. The summed E-state index contributed by atoms with van der Waals surface area (Å²) in [5.41, 5.74) is 0. The van der Waals surface area contributed by atoms with Gasteiger partial charge in [0.15, 0.2) is 0 Å². The zero-order chi connectivity index (χ0) is 29.8. The third-order valence-corrected chi connectivity index (χ3v) is 7.14. The van der Waals surface area contributed by atoms with E-state index >= 15 is 0 Å². The maximum Gasteiger partial charge on any atom is 0.307 e. The molecular weight excluding hydrogens is 496 g/mol. The Labute approximate surface area is 249 Å². The molecule has 0 saturated heterocycles. The van der Waals surface area contributed by atoms with E-state index in [1.54, 1.807) is 6.08 Å². The predicted octanol–water partition coefficient (Wildman–Crippen LogP) is 11.9. The summed E-state index contributed by atoms with van der Waals surface area (Å²) >= 11 is 0. The predicted molar refractivity (Wildman–Crippen MR) is 174 cm³/mol. The van der Waals surface area contributed by atoms with Crippen molar-refractivity contribution in [2.75, 3.05) is 6.61 Å². The van der Waals surface area contributed by atoms with Gasteiger partial charge in [0.25, 0.3) is 0 Å². The highest BCUT2D eigenvalue weighted by Crippen LogP contribution is 2.13. The summed E-state index contributed by atoms with van der Waals surface area (Å²) in [6.07, 6.45) is 41.5. The van der Waals surface area contributed by atoms with Gasteiger partial charge in [0, 0.05) is 6.92 Å². The molecule has 1 N–H and O–H groups in total. The zero-order valence-electron chi connectivity index (χ0n) is 27.1. The van der Waals surface area contributed by atoms with Crippen LogP contribution in [0.1, 0.15) is 188 Å². The Morgan fingerprint density at radius 1 is 0.500 bits per heavy atom. The number of aliphatic carboxylic acids is 1. The van der Waals surface area contributed by atoms with Gasteiger partial charge < -0.3 is 9.84 Å². The molecule has 0 aromatic heterocycles. The van der Waals surface area contributed by atoms with Crippen molar-refractivity contribution in [2.45, 2.75) is 188 Å². The Balaban J connectivity index is 0. The topological polar surface area (TPSA) is 63.6 Å². The van der Waals surface area contributed by atoms with Crippen molar-refractivity contribution in [2.24, 2.45) is 0 Å². The van der Waals surface area contributed by atoms with Crippen molar-refractivity contribution in [1.29, 1.82) is 0 Å². The molecule has 0 atom stereocenters. The van der Waals surface area contributed by atoms with Gasteiger partial charge in [-0.15, -0.1) is 0 Å². The van der Waals surface area contributed by atoms with E-state index in [-0.39, 0.29) is 12.4 Å². The number of allylic oxidation sites excluding steroid dienone is 3. The van der Waals surface area contributed by atoms with Crippen molar-refractivity contribution in [3.05, 3.63) is 24.3 Å². The van der Waals surface area contributed by atoms with Gasteiger partial charge in [-0.3, -0.25) is 9.59 Å². The van der Waals surface area contributed by atoms with Gasteiger partial charge in [0.1, 0.15) is 0 Å². The summed E-state index contributed by atoms with van der Waals surface area (Å²) in [5.74, 6) is -0.901. The molecule has 4 nitrogen and oxygen atoms in total. The van der Waals surface area contributed by atoms with Crippen LogP contribution >= 0.6 is 0 Å². The van der Waals surface area contributed by atoms with Crippen molar-refractivity contribution in [3.63, 3.8) is 0 Å². The summed E-state index contributed by atoms with van der Waals surface area (Å²) in [4.78, 5) is 20.8. The van der Waals surface area contributed by atoms with E-state index in [4.69, 9.17) is 9.84 Å². The highest BCUT2D eigenvalue weighted by atomic mass is 16.5. The van der Waals surface area contributed by atoms with Gasteiger partial charge in [-0.05, 0) is 44.9 Å². The molecule has 0 aliphatic heterocycles. The highest BCUT2D eigenvalue weighted by Gasteiger charge is 1.95. The van der Waals surface area contributed by atoms with Crippen molar-refractivity contribution < 1.29 is 19.4 Å². The van der Waals surface area contributed by atoms with E-state index in [0.717, 1.165) is 12.8 Å². The molecule has 4 heteroatoms. The number of hydrogen-bond acceptors (Lipinski definition) is 3. The van der Waals surface area contributed by atoms with Gasteiger partial charge in [-0.25, -0.2) is 0 Å². The fraction of sp³-hybridized carbons (Fsp3) is 0.833. The molecule has 0 spiro atoms. The van der Waals surface area contributed by atoms with Crippen LogP contribution in [0.3, 0.4) is 0 Å². The third kappa shape index (κ3) is 43.5. The van der Waals surface area contributed by atoms with Crippen LogP contribution in [0.2, 0.25) is 0 Å². The minimum Gasteiger partial charge on any atom is -0.481 e. The first-order valence-electron chi connectivity index (χ1n) is 17.2. The molecule has 40 heavy (non-hydrogen) atoms. The van der Waals surface area contributed by atoms with Crippen LogP contribution in [0, 0.1) is 0 Å². The molecule has 0 aliphatic carbocycles. The maximum absolute atomic E-state index is 10.5. The number of carboxylic acids is 1. The second-order valence-corrected chi connectivity index (χ2v) is 11.3. The second-order valence-electron chi connectivity index (χ2n) is 11.3. The first kappa shape index (κ1) is 40.6. The van der Waals surface area contributed by atoms with Crippen LogP contribution in [-0.4, -0.2) is 23.7 Å². The fourth-order valence-electron chi connectivity index (χ4n) is 4.62. The number of carbonyl (C=O) groups excluding carboxylic acids is 1. The van der Waals surface area contributed by atoms with Crippen LogP contribution in [0.25, 0.3) is 0 Å². The minimum atomic E-state index is -0.740. The molecule has 0 rings (SSSR count). The summed E-state index contributed by atoms with van der Waals surface area (Å²) < 4.78 is 4.90. The molecule has 0 heterocycles. The van der Waals surface area contributed by atoms with E-state index < -0.39 is 5.97 Å². The third-order valence-electron chi connectivity index (χ3n) is 7.14. The van der Waals surface area contributed by atoms with Gasteiger partial charge in [-0.2, -0.15) is 0 Å². The Morgan fingerprint density at radius 2 is 0.825 bits per heavy atom. The van der Waals surface area contributed by atoms with E-state index in [1.807, 2.05) is 6.08 Å². The number of esters is 1. The zero-order valence-corrected chi connectivity index (χ0v) is 27.1. The van der Waals surface area contributed by atoms with Gasteiger partial charge in [-0.1, -0.05) is 154 Å². The van der Waals surface area contributed by atoms with Crippen LogP contribution in [-0.2, 0) is 14.3 Å². The molecule has 0 unspecified atom stereocenters. The average molecular weight is 565 g/mol. The van der Waals surface area contributed by atoms with Crippen molar-refractivity contribution in [1.82, 2.24) is 0 Å². The number of rotatable bonds is 29. The summed E-state index contributed by atoms with van der Waals surface area (Å²) in [5, 5.41) is 8.47. The first-order chi connectivity index (χ1) is 19.5. The molecule has 0 aliphatic rings. The molecule has 0 bridgehead atoms. The highest BCUT2D eigenvalue weighted by molar-refractivity contribution is 5.68. The Hall–Kier alpha value is -1.58. The molecule has 0 saturated carbocycles. The van der Waals surface area contributed by atoms with E-state index in [2.05, 4.69) is 26.0 Å². The average Bonchev–Trinajstić information content (AvgIpc) is 2.93. The Kier molecular flexibility index (Phi) is 37.9. The minimum absolute atomic E-state index is 0.161. The SMILES string of the molecule is CCCCCC/C=C\CCCCCCCCOC(C)=O.CCCCCCCCCCCCCC/C=C\CC(=O)O. The number of carboxylic acid groups (broad SMARTS) is 1. The van der Waals surface area contributed by atoms with Gasteiger partial charge in [0.2, 0.25) is 0 Å². The smallest absolute Gasteiger partial charge is 0.307 e.